The number of hydrogen-bond donors (Lipinski definition) is 3. The Hall–Kier alpha value is -1.14. The van der Waals surface area contributed by atoms with Crippen molar-refractivity contribution in [3.63, 3.8) is 0 Å². The zero-order valence-electron chi connectivity index (χ0n) is 12.8. The number of hydrogen-bond acceptors (Lipinski definition) is 5. The van der Waals surface area contributed by atoms with Crippen molar-refractivity contribution in [3.05, 3.63) is 16.1 Å². The van der Waals surface area contributed by atoms with Crippen LogP contribution in [-0.4, -0.2) is 22.6 Å². The molecule has 0 aliphatic rings. The lowest BCUT2D eigenvalue weighted by Crippen LogP contribution is -2.32. The van der Waals surface area contributed by atoms with Crippen LogP contribution in [0.3, 0.4) is 0 Å². The normalized spacial score (nSPS) is 14.5. The van der Waals surface area contributed by atoms with E-state index in [1.165, 1.54) is 4.88 Å². The van der Waals surface area contributed by atoms with Gasteiger partial charge in [0.15, 0.2) is 0 Å². The molecule has 0 amide bonds. The van der Waals surface area contributed by atoms with E-state index in [-0.39, 0.29) is 17.3 Å². The zero-order valence-corrected chi connectivity index (χ0v) is 13.6. The van der Waals surface area contributed by atoms with Crippen LogP contribution in [-0.2, 0) is 6.42 Å². The van der Waals surface area contributed by atoms with Gasteiger partial charge in [-0.1, -0.05) is 25.9 Å². The summed E-state index contributed by atoms with van der Waals surface area (Å²) in [5, 5.41) is 16.4. The Kier molecular flexibility index (Phi) is 6.42. The number of nitrogens with zero attached hydrogens (tertiary/aromatic N) is 2. The third-order valence-corrected chi connectivity index (χ3v) is 4.84. The van der Waals surface area contributed by atoms with Gasteiger partial charge in [0.05, 0.1) is 6.04 Å². The largest absolute Gasteiger partial charge is 0.409 e. The van der Waals surface area contributed by atoms with Crippen molar-refractivity contribution in [2.24, 2.45) is 16.3 Å². The van der Waals surface area contributed by atoms with Crippen LogP contribution in [0.25, 0.3) is 0 Å². The van der Waals surface area contributed by atoms with Gasteiger partial charge in [0, 0.05) is 16.5 Å². The molecule has 114 valence electrons. The molecule has 1 aromatic rings. The average Bonchev–Trinajstić information content (AvgIpc) is 2.91. The van der Waals surface area contributed by atoms with Crippen LogP contribution in [0.15, 0.2) is 11.4 Å². The van der Waals surface area contributed by atoms with Crippen molar-refractivity contribution >= 4 is 17.2 Å². The molecule has 5 nitrogen and oxygen atoms in total. The molecule has 0 fully saturated rings. The van der Waals surface area contributed by atoms with E-state index >= 15 is 0 Å². The SMILES string of the molecule is CCc1cnc(C(C)NCCCC(C)(C)C(N)=NO)s1. The highest BCUT2D eigenvalue weighted by Gasteiger charge is 2.22. The van der Waals surface area contributed by atoms with E-state index in [1.807, 2.05) is 20.0 Å². The second-order valence-corrected chi connectivity index (χ2v) is 6.81. The Balaban J connectivity index is 2.34. The number of amidine groups is 1. The predicted molar refractivity (Wildman–Crippen MR) is 84.3 cm³/mol. The smallest absolute Gasteiger partial charge is 0.144 e. The van der Waals surface area contributed by atoms with Gasteiger partial charge in [-0.15, -0.1) is 11.3 Å². The maximum Gasteiger partial charge on any atom is 0.144 e. The molecule has 6 heteroatoms. The van der Waals surface area contributed by atoms with Crippen LogP contribution in [0.1, 0.15) is 56.5 Å². The molecule has 1 heterocycles. The summed E-state index contributed by atoms with van der Waals surface area (Å²) in [7, 11) is 0. The van der Waals surface area contributed by atoms with Crippen LogP contribution >= 0.6 is 11.3 Å². The standard InChI is InChI=1S/C14H26N4OS/c1-5-11-9-17-12(20-11)10(2)16-8-6-7-14(3,4)13(15)18-19/h9-10,16,19H,5-8H2,1-4H3,(H2,15,18). The summed E-state index contributed by atoms with van der Waals surface area (Å²) in [5.41, 5.74) is 5.41. The number of thiazole rings is 1. The average molecular weight is 298 g/mol. The van der Waals surface area contributed by atoms with E-state index in [9.17, 15) is 0 Å². The summed E-state index contributed by atoms with van der Waals surface area (Å²) >= 11 is 1.77. The topological polar surface area (TPSA) is 83.5 Å². The summed E-state index contributed by atoms with van der Waals surface area (Å²) in [6.45, 7) is 9.14. The molecule has 0 bridgehead atoms. The first-order valence-electron chi connectivity index (χ1n) is 7.06. The monoisotopic (exact) mass is 298 g/mol. The molecule has 0 radical (unpaired) electrons. The number of aryl methyl sites for hydroxylation is 1. The number of nitrogens with two attached hydrogens (primary N) is 1. The third kappa shape index (κ3) is 4.76. The quantitative estimate of drug-likeness (QED) is 0.226. The number of oxime groups is 1. The molecule has 0 aromatic carbocycles. The van der Waals surface area contributed by atoms with E-state index in [4.69, 9.17) is 10.9 Å². The summed E-state index contributed by atoms with van der Waals surface area (Å²) in [6, 6.07) is 0.271. The lowest BCUT2D eigenvalue weighted by Gasteiger charge is -2.23. The van der Waals surface area contributed by atoms with Crippen molar-refractivity contribution in [2.45, 2.75) is 53.0 Å². The Morgan fingerprint density at radius 3 is 2.85 bits per heavy atom. The molecule has 0 saturated heterocycles. The van der Waals surface area contributed by atoms with Crippen LogP contribution in [0.4, 0.5) is 0 Å². The van der Waals surface area contributed by atoms with Crippen LogP contribution in [0.5, 0.6) is 0 Å². The fraction of sp³-hybridized carbons (Fsp3) is 0.714. The fourth-order valence-corrected chi connectivity index (χ4v) is 2.77. The molecule has 0 saturated carbocycles. The summed E-state index contributed by atoms with van der Waals surface area (Å²) < 4.78 is 0. The zero-order chi connectivity index (χ0) is 15.2. The van der Waals surface area contributed by atoms with Gasteiger partial charge in [0.25, 0.3) is 0 Å². The minimum atomic E-state index is -0.268. The van der Waals surface area contributed by atoms with Crippen LogP contribution in [0.2, 0.25) is 0 Å². The highest BCUT2D eigenvalue weighted by Crippen LogP contribution is 2.23. The second kappa shape index (κ2) is 7.59. The van der Waals surface area contributed by atoms with Crippen molar-refractivity contribution < 1.29 is 5.21 Å². The minimum absolute atomic E-state index is 0.268. The second-order valence-electron chi connectivity index (χ2n) is 5.67. The highest BCUT2D eigenvalue weighted by atomic mass is 32.1. The summed E-state index contributed by atoms with van der Waals surface area (Å²) in [5.74, 6) is 0.290. The van der Waals surface area contributed by atoms with Crippen LogP contribution in [0, 0.1) is 5.41 Å². The maximum atomic E-state index is 8.73. The van der Waals surface area contributed by atoms with E-state index in [0.717, 1.165) is 30.8 Å². The first-order valence-corrected chi connectivity index (χ1v) is 7.88. The number of aromatic nitrogens is 1. The molecular formula is C14H26N4OS. The molecule has 1 rings (SSSR count). The van der Waals surface area contributed by atoms with Gasteiger partial charge in [-0.25, -0.2) is 4.98 Å². The van der Waals surface area contributed by atoms with E-state index in [1.54, 1.807) is 11.3 Å². The lowest BCUT2D eigenvalue weighted by molar-refractivity contribution is 0.304. The maximum absolute atomic E-state index is 8.73. The Morgan fingerprint density at radius 1 is 1.60 bits per heavy atom. The number of rotatable bonds is 8. The van der Waals surface area contributed by atoms with Gasteiger partial charge in [0.1, 0.15) is 10.8 Å². The minimum Gasteiger partial charge on any atom is -0.409 e. The lowest BCUT2D eigenvalue weighted by atomic mass is 9.86. The van der Waals surface area contributed by atoms with E-state index in [2.05, 4.69) is 29.3 Å². The Bertz CT molecular complexity index is 442. The summed E-state index contributed by atoms with van der Waals surface area (Å²) in [4.78, 5) is 5.76. The fourth-order valence-electron chi connectivity index (χ4n) is 1.89. The first-order chi connectivity index (χ1) is 9.40. The molecule has 4 N–H and O–H groups in total. The molecule has 0 aliphatic carbocycles. The van der Waals surface area contributed by atoms with E-state index < -0.39 is 0 Å². The van der Waals surface area contributed by atoms with Gasteiger partial charge in [-0.05, 0) is 32.7 Å². The van der Waals surface area contributed by atoms with Gasteiger partial charge >= 0.3 is 0 Å². The van der Waals surface area contributed by atoms with Gasteiger partial charge in [-0.2, -0.15) is 0 Å². The Morgan fingerprint density at radius 2 is 2.30 bits per heavy atom. The molecule has 1 aromatic heterocycles. The molecule has 0 spiro atoms. The third-order valence-electron chi connectivity index (χ3n) is 3.52. The molecule has 20 heavy (non-hydrogen) atoms. The molecular weight excluding hydrogens is 272 g/mol. The molecule has 1 unspecified atom stereocenters. The molecule has 0 aliphatic heterocycles. The van der Waals surface area contributed by atoms with Crippen molar-refractivity contribution in [2.75, 3.05) is 6.54 Å². The predicted octanol–water partition coefficient (Wildman–Crippen LogP) is 2.91. The van der Waals surface area contributed by atoms with Crippen molar-refractivity contribution in [3.8, 4) is 0 Å². The van der Waals surface area contributed by atoms with Gasteiger partial charge < -0.3 is 16.3 Å². The number of nitrogens with one attached hydrogen (secondary N) is 1. The van der Waals surface area contributed by atoms with Gasteiger partial charge in [0.2, 0.25) is 0 Å². The highest BCUT2D eigenvalue weighted by molar-refractivity contribution is 7.11. The van der Waals surface area contributed by atoms with E-state index in [0.29, 0.717) is 0 Å². The summed E-state index contributed by atoms with van der Waals surface area (Å²) in [6.07, 6.45) is 4.85. The Labute approximate surface area is 125 Å². The first kappa shape index (κ1) is 16.9. The van der Waals surface area contributed by atoms with Gasteiger partial charge in [-0.3, -0.25) is 0 Å². The molecule has 1 atom stereocenters. The van der Waals surface area contributed by atoms with Crippen molar-refractivity contribution in [1.82, 2.24) is 10.3 Å². The van der Waals surface area contributed by atoms with Crippen molar-refractivity contribution in [1.29, 1.82) is 0 Å². The van der Waals surface area contributed by atoms with Crippen LogP contribution < -0.4 is 11.1 Å².